The molecule has 8 heteroatoms. The zero-order valence-electron chi connectivity index (χ0n) is 17.1. The Kier molecular flexibility index (Phi) is 8.10. The van der Waals surface area contributed by atoms with Crippen LogP contribution in [0.5, 0.6) is 0 Å². The average Bonchev–Trinajstić information content (AvgIpc) is 2.72. The maximum atomic E-state index is 12.2. The normalized spacial score (nSPS) is 11.3. The van der Waals surface area contributed by atoms with Gasteiger partial charge in [-0.25, -0.2) is 9.59 Å². The van der Waals surface area contributed by atoms with E-state index < -0.39 is 30.4 Å². The van der Waals surface area contributed by atoms with Crippen LogP contribution in [0.2, 0.25) is 0 Å². The van der Waals surface area contributed by atoms with Crippen molar-refractivity contribution in [2.45, 2.75) is 26.8 Å². The number of hydrogen-bond acceptors (Lipinski definition) is 5. The Morgan fingerprint density at radius 3 is 2.03 bits per heavy atom. The Bertz CT molecular complexity index is 895. The summed E-state index contributed by atoms with van der Waals surface area (Å²) in [6.07, 6.45) is 0. The summed E-state index contributed by atoms with van der Waals surface area (Å²) >= 11 is 0. The minimum absolute atomic E-state index is 0.124. The molecule has 0 bridgehead atoms. The summed E-state index contributed by atoms with van der Waals surface area (Å²) in [6.45, 7) is 4.57. The van der Waals surface area contributed by atoms with Crippen LogP contribution >= 0.6 is 0 Å². The molecule has 0 saturated carbocycles. The van der Waals surface area contributed by atoms with Gasteiger partial charge in [-0.2, -0.15) is 0 Å². The number of para-hydroxylation sites is 1. The standard InChI is InChI=1S/C22H25N3O5/c1-14(2)20(27)24-18-11-9-16(10-12-18)19(26)13-30-21(28)15(3)23-22(29)25-17-7-5-4-6-8-17/h4-12,14-15H,13H2,1-3H3,(H,24,27)(H2,23,25,29)/t15-/m0/s1. The SMILES string of the molecule is CC(C)C(=O)Nc1ccc(C(=O)COC(=O)[C@H](C)NC(=O)Nc2ccccc2)cc1. The lowest BCUT2D eigenvalue weighted by Crippen LogP contribution is -2.42. The maximum Gasteiger partial charge on any atom is 0.328 e. The molecule has 0 unspecified atom stereocenters. The Hall–Kier alpha value is -3.68. The third kappa shape index (κ3) is 7.05. The third-order valence-electron chi connectivity index (χ3n) is 4.08. The zero-order valence-corrected chi connectivity index (χ0v) is 17.1. The predicted molar refractivity (Wildman–Crippen MR) is 113 cm³/mol. The highest BCUT2D eigenvalue weighted by atomic mass is 16.5. The van der Waals surface area contributed by atoms with Gasteiger partial charge in [-0.05, 0) is 43.3 Å². The molecule has 3 amide bonds. The lowest BCUT2D eigenvalue weighted by atomic mass is 10.1. The fourth-order valence-electron chi connectivity index (χ4n) is 2.32. The molecule has 0 aromatic heterocycles. The van der Waals surface area contributed by atoms with E-state index in [-0.39, 0.29) is 11.8 Å². The summed E-state index contributed by atoms with van der Waals surface area (Å²) in [7, 11) is 0. The second-order valence-electron chi connectivity index (χ2n) is 6.94. The van der Waals surface area contributed by atoms with Gasteiger partial charge >= 0.3 is 12.0 Å². The Labute approximate surface area is 175 Å². The first-order chi connectivity index (χ1) is 14.3. The number of urea groups is 1. The largest absolute Gasteiger partial charge is 0.456 e. The molecule has 158 valence electrons. The van der Waals surface area contributed by atoms with E-state index in [4.69, 9.17) is 4.74 Å². The molecule has 0 aliphatic rings. The van der Waals surface area contributed by atoms with E-state index in [9.17, 15) is 19.2 Å². The number of amides is 3. The van der Waals surface area contributed by atoms with Crippen LogP contribution in [0.1, 0.15) is 31.1 Å². The van der Waals surface area contributed by atoms with Gasteiger partial charge in [0.05, 0.1) is 0 Å². The summed E-state index contributed by atoms with van der Waals surface area (Å²) < 4.78 is 5.00. The molecular formula is C22H25N3O5. The molecule has 3 N–H and O–H groups in total. The Morgan fingerprint density at radius 1 is 0.833 bits per heavy atom. The topological polar surface area (TPSA) is 114 Å². The summed E-state index contributed by atoms with van der Waals surface area (Å²) in [4.78, 5) is 47.8. The number of rotatable bonds is 8. The van der Waals surface area contributed by atoms with E-state index in [0.29, 0.717) is 16.9 Å². The van der Waals surface area contributed by atoms with Crippen LogP contribution in [0.15, 0.2) is 54.6 Å². The minimum Gasteiger partial charge on any atom is -0.456 e. The van der Waals surface area contributed by atoms with Gasteiger partial charge in [-0.1, -0.05) is 32.0 Å². The highest BCUT2D eigenvalue weighted by Gasteiger charge is 2.19. The molecule has 0 aliphatic carbocycles. The lowest BCUT2D eigenvalue weighted by Gasteiger charge is -2.14. The number of nitrogens with one attached hydrogen (secondary N) is 3. The monoisotopic (exact) mass is 411 g/mol. The molecule has 0 saturated heterocycles. The van der Waals surface area contributed by atoms with Crippen LogP contribution in [0, 0.1) is 5.92 Å². The molecule has 0 aliphatic heterocycles. The number of ketones is 1. The first kappa shape index (κ1) is 22.6. The van der Waals surface area contributed by atoms with Gasteiger partial charge in [0.1, 0.15) is 6.04 Å². The van der Waals surface area contributed by atoms with Crippen molar-refractivity contribution in [3.05, 3.63) is 60.2 Å². The smallest absolute Gasteiger partial charge is 0.328 e. The van der Waals surface area contributed by atoms with Crippen molar-refractivity contribution in [3.63, 3.8) is 0 Å². The molecule has 30 heavy (non-hydrogen) atoms. The fraction of sp³-hybridized carbons (Fsp3) is 0.273. The van der Waals surface area contributed by atoms with Crippen molar-refractivity contribution < 1.29 is 23.9 Å². The number of hydrogen-bond donors (Lipinski definition) is 3. The van der Waals surface area contributed by atoms with Crippen molar-refractivity contribution in [3.8, 4) is 0 Å². The zero-order chi connectivity index (χ0) is 22.1. The Balaban J connectivity index is 1.79. The fourth-order valence-corrected chi connectivity index (χ4v) is 2.32. The van der Waals surface area contributed by atoms with Crippen molar-refractivity contribution in [1.82, 2.24) is 5.32 Å². The van der Waals surface area contributed by atoms with E-state index in [1.54, 1.807) is 62.4 Å². The second kappa shape index (κ2) is 10.8. The molecule has 1 atom stereocenters. The van der Waals surface area contributed by atoms with Crippen molar-refractivity contribution >= 4 is 35.1 Å². The van der Waals surface area contributed by atoms with Crippen molar-refractivity contribution in [2.24, 2.45) is 5.92 Å². The van der Waals surface area contributed by atoms with Gasteiger partial charge in [-0.3, -0.25) is 9.59 Å². The molecule has 8 nitrogen and oxygen atoms in total. The molecule has 2 rings (SSSR count). The van der Waals surface area contributed by atoms with Gasteiger partial charge in [0.2, 0.25) is 5.91 Å². The van der Waals surface area contributed by atoms with Crippen LogP contribution in [0.3, 0.4) is 0 Å². The highest BCUT2D eigenvalue weighted by molar-refractivity contribution is 5.99. The lowest BCUT2D eigenvalue weighted by molar-refractivity contribution is -0.144. The van der Waals surface area contributed by atoms with Crippen LogP contribution in [-0.2, 0) is 14.3 Å². The van der Waals surface area contributed by atoms with Crippen LogP contribution in [0.25, 0.3) is 0 Å². The van der Waals surface area contributed by atoms with E-state index in [1.807, 2.05) is 6.07 Å². The number of esters is 1. The second-order valence-corrected chi connectivity index (χ2v) is 6.94. The van der Waals surface area contributed by atoms with E-state index in [2.05, 4.69) is 16.0 Å². The summed E-state index contributed by atoms with van der Waals surface area (Å²) in [5.41, 5.74) is 1.50. The first-order valence-electron chi connectivity index (χ1n) is 9.49. The molecule has 2 aromatic carbocycles. The van der Waals surface area contributed by atoms with Gasteiger partial charge in [0.15, 0.2) is 12.4 Å². The summed E-state index contributed by atoms with van der Waals surface area (Å²) in [5.74, 6) is -1.41. The number of anilines is 2. The molecule has 0 spiro atoms. The van der Waals surface area contributed by atoms with E-state index in [0.717, 1.165) is 0 Å². The van der Waals surface area contributed by atoms with Crippen LogP contribution in [0.4, 0.5) is 16.2 Å². The van der Waals surface area contributed by atoms with Crippen molar-refractivity contribution in [1.29, 1.82) is 0 Å². The third-order valence-corrected chi connectivity index (χ3v) is 4.08. The molecular weight excluding hydrogens is 386 g/mol. The van der Waals surface area contributed by atoms with Gasteiger partial charge in [0, 0.05) is 22.9 Å². The van der Waals surface area contributed by atoms with Crippen LogP contribution < -0.4 is 16.0 Å². The van der Waals surface area contributed by atoms with E-state index >= 15 is 0 Å². The molecule has 2 aromatic rings. The number of carbonyl (C=O) groups excluding carboxylic acids is 4. The minimum atomic E-state index is -0.935. The quantitative estimate of drug-likeness (QED) is 0.456. The highest BCUT2D eigenvalue weighted by Crippen LogP contribution is 2.12. The molecule has 0 radical (unpaired) electrons. The van der Waals surface area contributed by atoms with Gasteiger partial charge in [-0.15, -0.1) is 0 Å². The number of Topliss-reactive ketones (excluding diaryl/α,β-unsaturated/α-hetero) is 1. The predicted octanol–water partition coefficient (Wildman–Crippen LogP) is 3.22. The molecule has 0 heterocycles. The van der Waals surface area contributed by atoms with Crippen molar-refractivity contribution in [2.75, 3.05) is 17.2 Å². The number of carbonyl (C=O) groups is 4. The molecule has 0 fully saturated rings. The number of benzene rings is 2. The van der Waals surface area contributed by atoms with Gasteiger partial charge < -0.3 is 20.7 Å². The maximum absolute atomic E-state index is 12.2. The number of ether oxygens (including phenoxy) is 1. The van der Waals surface area contributed by atoms with Gasteiger partial charge in [0.25, 0.3) is 0 Å². The summed E-state index contributed by atoms with van der Waals surface area (Å²) in [6, 6.07) is 13.6. The Morgan fingerprint density at radius 2 is 1.43 bits per heavy atom. The average molecular weight is 411 g/mol. The van der Waals surface area contributed by atoms with E-state index in [1.165, 1.54) is 6.92 Å². The summed E-state index contributed by atoms with van der Waals surface area (Å²) in [5, 5.41) is 7.77. The van der Waals surface area contributed by atoms with Crippen LogP contribution in [-0.4, -0.2) is 36.3 Å². The first-order valence-corrected chi connectivity index (χ1v) is 9.49.